The van der Waals surface area contributed by atoms with Gasteiger partial charge < -0.3 is 5.32 Å². The van der Waals surface area contributed by atoms with Crippen LogP contribution in [0.5, 0.6) is 0 Å². The number of benzene rings is 1. The highest BCUT2D eigenvalue weighted by Crippen LogP contribution is 2.23. The molecular formula is C14H15FN2. The fraction of sp³-hybridized carbons (Fsp3) is 0.214. The molecule has 0 bridgehead atoms. The van der Waals surface area contributed by atoms with Gasteiger partial charge in [0.2, 0.25) is 0 Å². The zero-order valence-corrected chi connectivity index (χ0v) is 9.78. The van der Waals surface area contributed by atoms with Crippen LogP contribution in [0.1, 0.15) is 12.5 Å². The van der Waals surface area contributed by atoms with E-state index >= 15 is 0 Å². The van der Waals surface area contributed by atoms with Gasteiger partial charge in [0.15, 0.2) is 0 Å². The molecule has 0 aliphatic heterocycles. The molecule has 2 nitrogen and oxygen atoms in total. The van der Waals surface area contributed by atoms with Crippen molar-refractivity contribution in [3.05, 3.63) is 54.1 Å². The molecule has 0 saturated heterocycles. The number of hydrogen-bond donors (Lipinski definition) is 1. The van der Waals surface area contributed by atoms with Gasteiger partial charge in [0.25, 0.3) is 0 Å². The summed E-state index contributed by atoms with van der Waals surface area (Å²) in [4.78, 5) is 4.01. The Labute approximate surface area is 101 Å². The third kappa shape index (κ3) is 2.88. The Morgan fingerprint density at radius 1 is 1.29 bits per heavy atom. The predicted octanol–water partition coefficient (Wildman–Crippen LogP) is 3.00. The normalized spacial score (nSPS) is 10.5. The minimum absolute atomic E-state index is 0.210. The van der Waals surface area contributed by atoms with Crippen LogP contribution in [0, 0.1) is 5.82 Å². The Morgan fingerprint density at radius 2 is 2.18 bits per heavy atom. The van der Waals surface area contributed by atoms with E-state index in [0.717, 1.165) is 24.2 Å². The molecule has 2 rings (SSSR count). The van der Waals surface area contributed by atoms with Gasteiger partial charge in [-0.2, -0.15) is 0 Å². The minimum Gasteiger partial charge on any atom is -0.313 e. The van der Waals surface area contributed by atoms with E-state index in [1.165, 1.54) is 6.07 Å². The Balaban J connectivity index is 2.33. The Hall–Kier alpha value is -1.74. The van der Waals surface area contributed by atoms with Gasteiger partial charge in [-0.25, -0.2) is 4.39 Å². The molecule has 0 amide bonds. The number of rotatable bonds is 4. The number of pyridine rings is 1. The van der Waals surface area contributed by atoms with Crippen LogP contribution < -0.4 is 5.32 Å². The van der Waals surface area contributed by atoms with E-state index in [1.807, 2.05) is 25.1 Å². The second-order valence-corrected chi connectivity index (χ2v) is 3.84. The van der Waals surface area contributed by atoms with Crippen molar-refractivity contribution in [2.24, 2.45) is 0 Å². The van der Waals surface area contributed by atoms with Crippen LogP contribution in [-0.2, 0) is 6.54 Å². The van der Waals surface area contributed by atoms with Gasteiger partial charge in [-0.05, 0) is 30.3 Å². The second-order valence-electron chi connectivity index (χ2n) is 3.84. The lowest BCUT2D eigenvalue weighted by molar-refractivity contribution is 0.629. The van der Waals surface area contributed by atoms with Crippen LogP contribution in [0.2, 0.25) is 0 Å². The number of nitrogens with zero attached hydrogens (tertiary/aromatic N) is 1. The molecule has 1 aromatic carbocycles. The van der Waals surface area contributed by atoms with E-state index in [0.29, 0.717) is 5.56 Å². The van der Waals surface area contributed by atoms with Crippen molar-refractivity contribution in [3.63, 3.8) is 0 Å². The molecule has 2 aromatic rings. The summed E-state index contributed by atoms with van der Waals surface area (Å²) in [5.41, 5.74) is 2.49. The lowest BCUT2D eigenvalue weighted by atomic mass is 10.0. The fourth-order valence-electron chi connectivity index (χ4n) is 1.70. The molecule has 0 saturated carbocycles. The van der Waals surface area contributed by atoms with Gasteiger partial charge in [-0.3, -0.25) is 4.98 Å². The average Bonchev–Trinajstić information content (AvgIpc) is 2.39. The smallest absolute Gasteiger partial charge is 0.131 e. The second kappa shape index (κ2) is 5.55. The number of halogens is 1. The molecule has 0 fully saturated rings. The lowest BCUT2D eigenvalue weighted by Gasteiger charge is -2.07. The third-order valence-corrected chi connectivity index (χ3v) is 2.58. The SMILES string of the molecule is CCNCc1ccc(F)c(-c2cccnc2)c1. The van der Waals surface area contributed by atoms with Gasteiger partial charge in [-0.15, -0.1) is 0 Å². The fourth-order valence-corrected chi connectivity index (χ4v) is 1.70. The average molecular weight is 230 g/mol. The summed E-state index contributed by atoms with van der Waals surface area (Å²) in [6, 6.07) is 8.86. The lowest BCUT2D eigenvalue weighted by Crippen LogP contribution is -2.11. The first-order valence-electron chi connectivity index (χ1n) is 5.71. The molecule has 88 valence electrons. The van der Waals surface area contributed by atoms with Gasteiger partial charge in [0, 0.05) is 30.1 Å². The standard InChI is InChI=1S/C14H15FN2/c1-2-16-9-11-5-6-14(15)13(8-11)12-4-3-7-17-10-12/h3-8,10,16H,2,9H2,1H3. The zero-order valence-electron chi connectivity index (χ0n) is 9.78. The first-order chi connectivity index (χ1) is 8.31. The topological polar surface area (TPSA) is 24.9 Å². The molecule has 1 heterocycles. The Morgan fingerprint density at radius 3 is 2.88 bits per heavy atom. The molecule has 1 N–H and O–H groups in total. The van der Waals surface area contributed by atoms with Crippen molar-refractivity contribution in [1.82, 2.24) is 10.3 Å². The van der Waals surface area contributed by atoms with E-state index < -0.39 is 0 Å². The van der Waals surface area contributed by atoms with Crippen molar-refractivity contribution in [1.29, 1.82) is 0 Å². The Bertz CT molecular complexity index is 483. The summed E-state index contributed by atoms with van der Waals surface area (Å²) in [7, 11) is 0. The van der Waals surface area contributed by atoms with Gasteiger partial charge in [0.05, 0.1) is 0 Å². The highest BCUT2D eigenvalue weighted by Gasteiger charge is 2.05. The molecular weight excluding hydrogens is 215 g/mol. The molecule has 0 atom stereocenters. The summed E-state index contributed by atoms with van der Waals surface area (Å²) in [6.07, 6.45) is 3.36. The quantitative estimate of drug-likeness (QED) is 0.873. The summed E-state index contributed by atoms with van der Waals surface area (Å²) < 4.78 is 13.7. The van der Waals surface area contributed by atoms with Gasteiger partial charge in [-0.1, -0.05) is 19.1 Å². The number of hydrogen-bond acceptors (Lipinski definition) is 2. The maximum absolute atomic E-state index is 13.7. The summed E-state index contributed by atoms with van der Waals surface area (Å²) in [6.45, 7) is 3.70. The largest absolute Gasteiger partial charge is 0.313 e. The summed E-state index contributed by atoms with van der Waals surface area (Å²) in [5.74, 6) is -0.210. The van der Waals surface area contributed by atoms with Crippen molar-refractivity contribution in [3.8, 4) is 11.1 Å². The van der Waals surface area contributed by atoms with Gasteiger partial charge in [0.1, 0.15) is 5.82 Å². The third-order valence-electron chi connectivity index (χ3n) is 2.58. The van der Waals surface area contributed by atoms with Crippen LogP contribution >= 0.6 is 0 Å². The van der Waals surface area contributed by atoms with E-state index in [-0.39, 0.29) is 5.82 Å². The van der Waals surface area contributed by atoms with Crippen LogP contribution in [-0.4, -0.2) is 11.5 Å². The van der Waals surface area contributed by atoms with Crippen molar-refractivity contribution < 1.29 is 4.39 Å². The molecule has 0 unspecified atom stereocenters. The van der Waals surface area contributed by atoms with Crippen molar-refractivity contribution >= 4 is 0 Å². The summed E-state index contributed by atoms with van der Waals surface area (Å²) >= 11 is 0. The molecule has 17 heavy (non-hydrogen) atoms. The highest BCUT2D eigenvalue weighted by molar-refractivity contribution is 5.63. The van der Waals surface area contributed by atoms with E-state index in [4.69, 9.17) is 0 Å². The van der Waals surface area contributed by atoms with Crippen LogP contribution in [0.4, 0.5) is 4.39 Å². The molecule has 0 aliphatic carbocycles. The maximum atomic E-state index is 13.7. The molecule has 3 heteroatoms. The van der Waals surface area contributed by atoms with Crippen LogP contribution in [0.3, 0.4) is 0 Å². The van der Waals surface area contributed by atoms with Crippen LogP contribution in [0.15, 0.2) is 42.7 Å². The van der Waals surface area contributed by atoms with E-state index in [9.17, 15) is 4.39 Å². The highest BCUT2D eigenvalue weighted by atomic mass is 19.1. The number of nitrogens with one attached hydrogen (secondary N) is 1. The van der Waals surface area contributed by atoms with E-state index in [2.05, 4.69) is 10.3 Å². The molecule has 0 spiro atoms. The van der Waals surface area contributed by atoms with Crippen LogP contribution in [0.25, 0.3) is 11.1 Å². The van der Waals surface area contributed by atoms with Crippen molar-refractivity contribution in [2.45, 2.75) is 13.5 Å². The maximum Gasteiger partial charge on any atom is 0.131 e. The monoisotopic (exact) mass is 230 g/mol. The summed E-state index contributed by atoms with van der Waals surface area (Å²) in [5, 5.41) is 3.22. The number of aromatic nitrogens is 1. The van der Waals surface area contributed by atoms with Gasteiger partial charge >= 0.3 is 0 Å². The van der Waals surface area contributed by atoms with Crippen molar-refractivity contribution in [2.75, 3.05) is 6.54 Å². The zero-order chi connectivity index (χ0) is 12.1. The predicted molar refractivity (Wildman–Crippen MR) is 67.0 cm³/mol. The Kier molecular flexibility index (Phi) is 3.83. The first-order valence-corrected chi connectivity index (χ1v) is 5.71. The van der Waals surface area contributed by atoms with E-state index in [1.54, 1.807) is 18.5 Å². The molecule has 0 radical (unpaired) electrons. The molecule has 0 aliphatic rings. The minimum atomic E-state index is -0.210. The first kappa shape index (κ1) is 11.7. The molecule has 1 aromatic heterocycles.